The maximum Gasteiger partial charge on any atom is 0.326 e. The van der Waals surface area contributed by atoms with Crippen LogP contribution in [0.25, 0.3) is 16.5 Å². The average molecular weight is 389 g/mol. The highest BCUT2D eigenvalue weighted by Crippen LogP contribution is 2.25. The molecule has 1 amide bonds. The van der Waals surface area contributed by atoms with Gasteiger partial charge in [-0.1, -0.05) is 36.4 Å². The van der Waals surface area contributed by atoms with E-state index in [9.17, 15) is 14.4 Å². The minimum absolute atomic E-state index is 0.0929. The lowest BCUT2D eigenvalue weighted by atomic mass is 10.1. The van der Waals surface area contributed by atoms with E-state index in [2.05, 4.69) is 15.4 Å². The molecule has 3 N–H and O–H groups in total. The summed E-state index contributed by atoms with van der Waals surface area (Å²) in [6.45, 7) is 3.75. The van der Waals surface area contributed by atoms with Gasteiger partial charge in [0.05, 0.1) is 17.9 Å². The van der Waals surface area contributed by atoms with E-state index in [4.69, 9.17) is 0 Å². The first-order chi connectivity index (χ1) is 13.9. The van der Waals surface area contributed by atoms with Gasteiger partial charge in [0.25, 0.3) is 11.5 Å². The topological polar surface area (TPSA) is 113 Å². The Bertz CT molecular complexity index is 1300. The summed E-state index contributed by atoms with van der Waals surface area (Å²) < 4.78 is 1.84. The van der Waals surface area contributed by atoms with Gasteiger partial charge >= 0.3 is 5.69 Å². The smallest absolute Gasteiger partial charge is 0.326 e. The molecule has 146 valence electrons. The highest BCUT2D eigenvalue weighted by atomic mass is 16.2. The van der Waals surface area contributed by atoms with Gasteiger partial charge in [-0.2, -0.15) is 5.10 Å². The van der Waals surface area contributed by atoms with E-state index in [0.717, 1.165) is 33.8 Å². The number of fused-ring (bicyclic) bond motifs is 1. The number of aromatic amines is 2. The Balaban J connectivity index is 1.65. The summed E-state index contributed by atoms with van der Waals surface area (Å²) in [4.78, 5) is 39.6. The number of rotatable bonds is 4. The van der Waals surface area contributed by atoms with Crippen LogP contribution in [-0.2, 0) is 0 Å². The van der Waals surface area contributed by atoms with Gasteiger partial charge in [-0.3, -0.25) is 14.6 Å². The van der Waals surface area contributed by atoms with Crippen molar-refractivity contribution >= 4 is 16.7 Å². The van der Waals surface area contributed by atoms with Crippen molar-refractivity contribution < 1.29 is 4.79 Å². The molecule has 0 bridgehead atoms. The molecular weight excluding hydrogens is 370 g/mol. The van der Waals surface area contributed by atoms with E-state index in [1.54, 1.807) is 6.20 Å². The second kappa shape index (κ2) is 7.23. The number of carbonyl (C=O) groups is 1. The molecule has 0 aliphatic carbocycles. The van der Waals surface area contributed by atoms with Gasteiger partial charge in [0, 0.05) is 22.7 Å². The molecule has 2 aromatic heterocycles. The molecule has 2 heterocycles. The number of amides is 1. The molecule has 0 aliphatic heterocycles. The lowest BCUT2D eigenvalue weighted by Crippen LogP contribution is -2.32. The molecule has 0 fully saturated rings. The summed E-state index contributed by atoms with van der Waals surface area (Å²) in [5, 5.41) is 9.50. The zero-order chi connectivity index (χ0) is 20.5. The van der Waals surface area contributed by atoms with Crippen molar-refractivity contribution in [3.63, 3.8) is 0 Å². The minimum Gasteiger partial charge on any atom is -0.344 e. The molecule has 0 saturated heterocycles. The molecule has 0 aliphatic rings. The maximum atomic E-state index is 12.4. The van der Waals surface area contributed by atoms with Crippen molar-refractivity contribution in [2.24, 2.45) is 0 Å². The number of hydrogen-bond acceptors (Lipinski definition) is 4. The maximum absolute atomic E-state index is 12.4. The monoisotopic (exact) mass is 389 g/mol. The van der Waals surface area contributed by atoms with Crippen LogP contribution in [0.15, 0.2) is 64.3 Å². The minimum atomic E-state index is -0.727. The molecule has 4 aromatic rings. The summed E-state index contributed by atoms with van der Waals surface area (Å²) in [6.07, 6.45) is 1.71. The van der Waals surface area contributed by atoms with Crippen molar-refractivity contribution in [3.05, 3.63) is 92.5 Å². The zero-order valence-electron chi connectivity index (χ0n) is 15.9. The Morgan fingerprint density at radius 1 is 1.10 bits per heavy atom. The normalized spacial score (nSPS) is 12.1. The van der Waals surface area contributed by atoms with E-state index in [1.807, 2.05) is 66.0 Å². The van der Waals surface area contributed by atoms with E-state index < -0.39 is 17.2 Å². The standard InChI is InChI=1S/C21H19N5O3/c1-12(23-20(28)17-10-19(27)25-21(29)24-17)16-11-22-26(13(16)2)18-9-5-7-14-6-3-4-8-15(14)18/h3-12H,1-2H3,(H,23,28)(H2,24,25,27,29). The summed E-state index contributed by atoms with van der Waals surface area (Å²) >= 11 is 0. The van der Waals surface area contributed by atoms with Crippen LogP contribution in [0.1, 0.15) is 34.7 Å². The lowest BCUT2D eigenvalue weighted by molar-refractivity contribution is 0.0934. The third-order valence-corrected chi connectivity index (χ3v) is 4.86. The first-order valence-electron chi connectivity index (χ1n) is 9.11. The number of H-pyrrole nitrogens is 2. The zero-order valence-corrected chi connectivity index (χ0v) is 15.9. The summed E-state index contributed by atoms with van der Waals surface area (Å²) in [7, 11) is 0. The van der Waals surface area contributed by atoms with Crippen molar-refractivity contribution in [2.45, 2.75) is 19.9 Å². The van der Waals surface area contributed by atoms with E-state index in [0.29, 0.717) is 0 Å². The highest BCUT2D eigenvalue weighted by molar-refractivity contribution is 5.92. The van der Waals surface area contributed by atoms with Crippen LogP contribution in [0, 0.1) is 6.92 Å². The van der Waals surface area contributed by atoms with Crippen LogP contribution in [0.3, 0.4) is 0 Å². The van der Waals surface area contributed by atoms with Crippen LogP contribution < -0.4 is 16.6 Å². The van der Waals surface area contributed by atoms with Crippen molar-refractivity contribution in [1.29, 1.82) is 0 Å². The van der Waals surface area contributed by atoms with Crippen LogP contribution in [0.5, 0.6) is 0 Å². The summed E-state index contributed by atoms with van der Waals surface area (Å²) in [5.41, 5.74) is 1.21. The van der Waals surface area contributed by atoms with Gasteiger partial charge in [-0.05, 0) is 25.3 Å². The van der Waals surface area contributed by atoms with Crippen LogP contribution in [-0.4, -0.2) is 25.7 Å². The van der Waals surface area contributed by atoms with E-state index in [-0.39, 0.29) is 11.7 Å². The molecule has 2 aromatic carbocycles. The number of carbonyl (C=O) groups excluding carboxylic acids is 1. The van der Waals surface area contributed by atoms with Crippen molar-refractivity contribution in [3.8, 4) is 5.69 Å². The Morgan fingerprint density at radius 3 is 2.66 bits per heavy atom. The van der Waals surface area contributed by atoms with Gasteiger partial charge < -0.3 is 10.3 Å². The van der Waals surface area contributed by atoms with Gasteiger partial charge in [-0.25, -0.2) is 9.48 Å². The Kier molecular flexibility index (Phi) is 4.59. The number of benzene rings is 2. The third-order valence-electron chi connectivity index (χ3n) is 4.86. The van der Waals surface area contributed by atoms with E-state index in [1.165, 1.54) is 0 Å². The quantitative estimate of drug-likeness (QED) is 0.497. The number of aromatic nitrogens is 4. The fourth-order valence-corrected chi connectivity index (χ4v) is 3.43. The van der Waals surface area contributed by atoms with Gasteiger partial charge in [0.2, 0.25) is 0 Å². The second-order valence-corrected chi connectivity index (χ2v) is 6.79. The van der Waals surface area contributed by atoms with Gasteiger partial charge in [0.15, 0.2) is 0 Å². The van der Waals surface area contributed by atoms with Crippen LogP contribution in [0.2, 0.25) is 0 Å². The third kappa shape index (κ3) is 3.47. The largest absolute Gasteiger partial charge is 0.344 e. The molecule has 8 heteroatoms. The fourth-order valence-electron chi connectivity index (χ4n) is 3.43. The van der Waals surface area contributed by atoms with Crippen molar-refractivity contribution in [1.82, 2.24) is 25.1 Å². The predicted molar refractivity (Wildman–Crippen MR) is 109 cm³/mol. The summed E-state index contributed by atoms with van der Waals surface area (Å²) in [6, 6.07) is 14.8. The summed E-state index contributed by atoms with van der Waals surface area (Å²) in [5.74, 6) is -0.544. The number of hydrogen-bond donors (Lipinski definition) is 3. The molecule has 29 heavy (non-hydrogen) atoms. The second-order valence-electron chi connectivity index (χ2n) is 6.79. The lowest BCUT2D eigenvalue weighted by Gasteiger charge is -2.14. The Labute approximate surface area is 165 Å². The SMILES string of the molecule is Cc1c(C(C)NC(=O)c2cc(=O)[nH]c(=O)[nH]2)cnn1-c1cccc2ccccc12. The van der Waals surface area contributed by atoms with Gasteiger partial charge in [0.1, 0.15) is 5.69 Å². The van der Waals surface area contributed by atoms with Crippen LogP contribution in [0.4, 0.5) is 0 Å². The predicted octanol–water partition coefficient (Wildman–Crippen LogP) is 2.20. The molecule has 0 spiro atoms. The fraction of sp³-hybridized carbons (Fsp3) is 0.143. The first-order valence-corrected chi connectivity index (χ1v) is 9.11. The Morgan fingerprint density at radius 2 is 1.86 bits per heavy atom. The molecule has 1 unspecified atom stereocenters. The highest BCUT2D eigenvalue weighted by Gasteiger charge is 2.18. The molecular formula is C21H19N5O3. The first kappa shape index (κ1) is 18.4. The van der Waals surface area contributed by atoms with E-state index >= 15 is 0 Å². The average Bonchev–Trinajstić information content (AvgIpc) is 3.08. The Hall–Kier alpha value is -3.94. The molecule has 8 nitrogen and oxygen atoms in total. The molecule has 1 atom stereocenters. The number of nitrogens with one attached hydrogen (secondary N) is 3. The molecule has 0 radical (unpaired) electrons. The molecule has 4 rings (SSSR count). The number of nitrogens with zero attached hydrogens (tertiary/aromatic N) is 2. The molecule has 0 saturated carbocycles. The van der Waals surface area contributed by atoms with Gasteiger partial charge in [-0.15, -0.1) is 0 Å². The van der Waals surface area contributed by atoms with Crippen LogP contribution >= 0.6 is 0 Å². The van der Waals surface area contributed by atoms with Crippen molar-refractivity contribution in [2.75, 3.05) is 0 Å².